The van der Waals surface area contributed by atoms with E-state index in [0.717, 1.165) is 19.3 Å². The Kier molecular flexibility index (Phi) is 8.54. The van der Waals surface area contributed by atoms with Gasteiger partial charge in [-0.2, -0.15) is 0 Å². The molecule has 4 aliphatic rings. The zero-order valence-corrected chi connectivity index (χ0v) is 26.8. The van der Waals surface area contributed by atoms with E-state index in [1.807, 2.05) is 0 Å². The fourth-order valence-corrected chi connectivity index (χ4v) is 9.48. The van der Waals surface area contributed by atoms with Crippen molar-refractivity contribution in [2.75, 3.05) is 12.4 Å². The van der Waals surface area contributed by atoms with Crippen molar-refractivity contribution in [3.05, 3.63) is 59.1 Å². The predicted octanol–water partition coefficient (Wildman–Crippen LogP) is 3.08. The van der Waals surface area contributed by atoms with Crippen molar-refractivity contribution in [3.8, 4) is 0 Å². The lowest BCUT2D eigenvalue weighted by molar-refractivity contribution is -0.164. The van der Waals surface area contributed by atoms with Crippen LogP contribution in [0.4, 0.5) is 5.69 Å². The molecule has 4 fully saturated rings. The van der Waals surface area contributed by atoms with Crippen molar-refractivity contribution in [1.82, 2.24) is 24.8 Å². The van der Waals surface area contributed by atoms with Crippen LogP contribution in [-0.2, 0) is 32.7 Å². The molecule has 2 heterocycles. The van der Waals surface area contributed by atoms with Gasteiger partial charge in [-0.3, -0.25) is 19.2 Å². The number of nitrogens with one attached hydrogen (secondary N) is 3. The van der Waals surface area contributed by atoms with E-state index >= 15 is 0 Å². The average Bonchev–Trinajstić information content (AvgIpc) is 3.35. The molecular weight excluding hydrogens is 576 g/mol. The van der Waals surface area contributed by atoms with Crippen LogP contribution in [0.2, 0.25) is 0 Å². The summed E-state index contributed by atoms with van der Waals surface area (Å²) in [5.41, 5.74) is 0.0319. The number of methoxy groups -OCH3 is 1. The van der Waals surface area contributed by atoms with Gasteiger partial charge in [0, 0.05) is 24.9 Å². The first-order valence-electron chi connectivity index (χ1n) is 15.5. The molecule has 3 amide bonds. The highest BCUT2D eigenvalue weighted by atomic mass is 16.5. The van der Waals surface area contributed by atoms with Crippen LogP contribution in [0.3, 0.4) is 0 Å². The number of carbonyl (C=O) groups is 4. The number of hydrogen-bond donors (Lipinski definition) is 3. The molecule has 6 rings (SSSR count). The molecule has 242 valence electrons. The van der Waals surface area contributed by atoms with E-state index in [1.54, 1.807) is 19.2 Å². The lowest BCUT2D eigenvalue weighted by atomic mass is 9.38. The molecule has 1 atom stereocenters. The second-order valence-electron chi connectivity index (χ2n) is 14.6. The minimum Gasteiger partial charge on any atom is -0.466 e. The van der Waals surface area contributed by atoms with Crippen LogP contribution in [0.25, 0.3) is 0 Å². The molecule has 2 aromatic rings. The summed E-state index contributed by atoms with van der Waals surface area (Å²) >= 11 is 0. The maximum atomic E-state index is 13.4. The molecule has 0 radical (unpaired) electrons. The van der Waals surface area contributed by atoms with Gasteiger partial charge in [-0.05, 0) is 79.7 Å². The predicted molar refractivity (Wildman–Crippen MR) is 167 cm³/mol. The van der Waals surface area contributed by atoms with E-state index in [0.29, 0.717) is 0 Å². The van der Waals surface area contributed by atoms with Crippen molar-refractivity contribution in [3.63, 3.8) is 0 Å². The molecule has 3 N–H and O–H groups in total. The van der Waals surface area contributed by atoms with Gasteiger partial charge in [0.05, 0.1) is 19.6 Å². The van der Waals surface area contributed by atoms with Gasteiger partial charge in [-0.1, -0.05) is 26.8 Å². The van der Waals surface area contributed by atoms with Gasteiger partial charge in [-0.15, -0.1) is 0 Å². The van der Waals surface area contributed by atoms with Crippen molar-refractivity contribution in [1.29, 1.82) is 0 Å². The molecule has 12 nitrogen and oxygen atoms in total. The first-order valence-corrected chi connectivity index (χ1v) is 15.5. The third-order valence-corrected chi connectivity index (χ3v) is 9.60. The minimum atomic E-state index is -1.04. The van der Waals surface area contributed by atoms with Gasteiger partial charge >= 0.3 is 5.97 Å². The van der Waals surface area contributed by atoms with E-state index in [1.165, 1.54) is 66.4 Å². The number of hydrogen-bond acceptors (Lipinski definition) is 7. The number of allylic oxidation sites excluding steroid dienone is 1. The Morgan fingerprint density at radius 1 is 1.04 bits per heavy atom. The number of ether oxygens (including phenoxy) is 1. The summed E-state index contributed by atoms with van der Waals surface area (Å²) in [5, 5.41) is 8.68. The van der Waals surface area contributed by atoms with Crippen LogP contribution >= 0.6 is 0 Å². The monoisotopic (exact) mass is 620 g/mol. The molecular formula is C33H44N6O6. The maximum absolute atomic E-state index is 13.4. The van der Waals surface area contributed by atoms with Gasteiger partial charge in [0.25, 0.3) is 11.5 Å². The number of nitrogens with zero attached hydrogens (tertiary/aromatic N) is 3. The van der Waals surface area contributed by atoms with E-state index in [4.69, 9.17) is 0 Å². The second kappa shape index (κ2) is 11.9. The molecule has 0 aliphatic heterocycles. The number of aryl methyl sites for hydroxylation is 1. The van der Waals surface area contributed by atoms with Crippen LogP contribution in [0, 0.1) is 16.2 Å². The zero-order chi connectivity index (χ0) is 32.6. The normalized spacial score (nSPS) is 28.9. The Hall–Kier alpha value is -4.22. The first-order chi connectivity index (χ1) is 21.1. The highest BCUT2D eigenvalue weighted by Crippen LogP contribution is 2.70. The highest BCUT2D eigenvalue weighted by Gasteiger charge is 2.64. The second-order valence-corrected chi connectivity index (χ2v) is 14.6. The van der Waals surface area contributed by atoms with Gasteiger partial charge in [0.1, 0.15) is 24.0 Å². The summed E-state index contributed by atoms with van der Waals surface area (Å²) in [6, 6.07) is 2.03. The number of pyridine rings is 1. The van der Waals surface area contributed by atoms with E-state index in [-0.39, 0.29) is 58.5 Å². The van der Waals surface area contributed by atoms with Crippen molar-refractivity contribution in [2.45, 2.75) is 90.3 Å². The van der Waals surface area contributed by atoms with Crippen molar-refractivity contribution < 1.29 is 23.9 Å². The van der Waals surface area contributed by atoms with E-state index in [9.17, 15) is 24.0 Å². The Labute approximate surface area is 263 Å². The van der Waals surface area contributed by atoms with Gasteiger partial charge in [-0.25, -0.2) is 9.78 Å². The largest absolute Gasteiger partial charge is 0.466 e. The molecule has 0 saturated heterocycles. The lowest BCUT2D eigenvalue weighted by Gasteiger charge is -2.69. The Balaban J connectivity index is 1.27. The minimum absolute atomic E-state index is 0.0116. The Morgan fingerprint density at radius 2 is 1.69 bits per heavy atom. The number of anilines is 1. The lowest BCUT2D eigenvalue weighted by Crippen LogP contribution is -2.68. The molecule has 45 heavy (non-hydrogen) atoms. The summed E-state index contributed by atoms with van der Waals surface area (Å²) in [6.45, 7) is 6.87. The number of aromatic nitrogens is 3. The third-order valence-electron chi connectivity index (χ3n) is 9.60. The third kappa shape index (κ3) is 7.04. The molecule has 2 aromatic heterocycles. The first kappa shape index (κ1) is 32.2. The summed E-state index contributed by atoms with van der Waals surface area (Å²) < 4.78 is 7.41. The molecule has 12 heteroatoms. The summed E-state index contributed by atoms with van der Waals surface area (Å²) in [5.74, 6) is -1.89. The highest BCUT2D eigenvalue weighted by molar-refractivity contribution is 6.00. The molecule has 4 aliphatic carbocycles. The van der Waals surface area contributed by atoms with E-state index < -0.39 is 29.4 Å². The van der Waals surface area contributed by atoms with Gasteiger partial charge < -0.3 is 29.8 Å². The number of rotatable bonds is 11. The molecule has 0 spiro atoms. The zero-order valence-electron chi connectivity index (χ0n) is 26.8. The SMILES string of the molecule is COC(=O)/C=C/CC[C@H](NC(=O)c1cncn1C)C(=O)Nc1cccn(CC(=O)NC23CC4(C)CC(C)(CC(C)(C4)C2)C3)c1=O. The van der Waals surface area contributed by atoms with Gasteiger partial charge in [0.2, 0.25) is 11.8 Å². The number of imidazole rings is 1. The van der Waals surface area contributed by atoms with E-state index in [2.05, 4.69) is 46.4 Å². The van der Waals surface area contributed by atoms with Crippen molar-refractivity contribution in [2.24, 2.45) is 23.3 Å². The summed E-state index contributed by atoms with van der Waals surface area (Å²) in [6.07, 6.45) is 14.0. The molecule has 4 saturated carbocycles. The molecule has 0 aromatic carbocycles. The van der Waals surface area contributed by atoms with Crippen molar-refractivity contribution >= 4 is 29.4 Å². The van der Waals surface area contributed by atoms with Crippen LogP contribution < -0.4 is 21.5 Å². The average molecular weight is 621 g/mol. The molecule has 4 bridgehead atoms. The topological polar surface area (TPSA) is 153 Å². The van der Waals surface area contributed by atoms with Crippen LogP contribution in [0.15, 0.2) is 47.8 Å². The summed E-state index contributed by atoms with van der Waals surface area (Å²) in [4.78, 5) is 68.5. The van der Waals surface area contributed by atoms with Crippen LogP contribution in [0.1, 0.15) is 82.6 Å². The van der Waals surface area contributed by atoms with Crippen LogP contribution in [-0.4, -0.2) is 56.5 Å². The summed E-state index contributed by atoms with van der Waals surface area (Å²) in [7, 11) is 2.92. The number of esters is 1. The smallest absolute Gasteiger partial charge is 0.330 e. The maximum Gasteiger partial charge on any atom is 0.330 e. The fraction of sp³-hybridized carbons (Fsp3) is 0.576. The van der Waals surface area contributed by atoms with Crippen LogP contribution in [0.5, 0.6) is 0 Å². The quantitative estimate of drug-likeness (QED) is 0.258. The Bertz CT molecular complexity index is 1540. The number of carbonyl (C=O) groups excluding carboxylic acids is 4. The fourth-order valence-electron chi connectivity index (χ4n) is 9.48. The standard InChI is InChI=1S/C33H44N6O6/c1-30-15-31(2)17-32(3,16-30)20-33(18-30,19-31)37-25(40)14-39-12-8-10-23(29(39)44)36-27(42)22(9-6-7-11-26(41)45-5)35-28(43)24-13-34-21-38(24)4/h7-8,10-13,21-22H,6,9,14-20H2,1-5H3,(H,35,43)(H,36,42)(H,37,40)/b11-7+/t22-,30?,31?,32?,33?/m0/s1. The van der Waals surface area contributed by atoms with Gasteiger partial charge in [0.15, 0.2) is 0 Å². The number of amides is 3. The molecule has 0 unspecified atom stereocenters. The Morgan fingerprint density at radius 3 is 2.27 bits per heavy atom.